The fraction of sp³-hybridized carbons (Fsp3) is 0.222. The van der Waals surface area contributed by atoms with Crippen molar-refractivity contribution in [2.45, 2.75) is 0 Å². The van der Waals surface area contributed by atoms with Crippen molar-refractivity contribution >= 4 is 17.3 Å². The molecule has 0 atom stereocenters. The lowest BCUT2D eigenvalue weighted by Gasteiger charge is -2.12. The Balaban J connectivity index is 3.05. The van der Waals surface area contributed by atoms with Crippen molar-refractivity contribution in [2.24, 2.45) is 0 Å². The van der Waals surface area contributed by atoms with Crippen LogP contribution in [0.5, 0.6) is 0 Å². The van der Waals surface area contributed by atoms with Gasteiger partial charge in [0.1, 0.15) is 0 Å². The molecule has 0 N–H and O–H groups in total. The third-order valence-corrected chi connectivity index (χ3v) is 1.90. The van der Waals surface area contributed by atoms with Crippen molar-refractivity contribution in [1.29, 1.82) is 0 Å². The summed E-state index contributed by atoms with van der Waals surface area (Å²) < 4.78 is 0. The van der Waals surface area contributed by atoms with E-state index in [1.807, 2.05) is 37.2 Å². The Morgan fingerprint density at radius 1 is 1.36 bits per heavy atom. The van der Waals surface area contributed by atoms with Crippen LogP contribution < -0.4 is 4.90 Å². The van der Waals surface area contributed by atoms with Gasteiger partial charge in [-0.3, -0.25) is 0 Å². The summed E-state index contributed by atoms with van der Waals surface area (Å²) in [6, 6.07) is 5.82. The van der Waals surface area contributed by atoms with Crippen LogP contribution >= 0.6 is 11.6 Å². The largest absolute Gasteiger partial charge is 0.378 e. The molecule has 11 heavy (non-hydrogen) atoms. The summed E-state index contributed by atoms with van der Waals surface area (Å²) in [5.41, 5.74) is 1.97. The molecule has 1 aromatic carbocycles. The predicted molar refractivity (Wildman–Crippen MR) is 50.2 cm³/mol. The van der Waals surface area contributed by atoms with Crippen LogP contribution in [0.4, 0.5) is 5.69 Å². The van der Waals surface area contributed by atoms with E-state index in [1.165, 1.54) is 0 Å². The first kappa shape index (κ1) is 8.41. The molecule has 0 fully saturated rings. The van der Waals surface area contributed by atoms with Gasteiger partial charge in [-0.1, -0.05) is 17.7 Å². The van der Waals surface area contributed by atoms with E-state index >= 15 is 0 Å². The summed E-state index contributed by atoms with van der Waals surface area (Å²) in [7, 11) is 3.96. The molecular weight excluding hydrogens is 158 g/mol. The van der Waals surface area contributed by atoms with Gasteiger partial charge in [-0.2, -0.15) is 0 Å². The van der Waals surface area contributed by atoms with Gasteiger partial charge in [0.2, 0.25) is 0 Å². The first-order chi connectivity index (χ1) is 5.11. The van der Waals surface area contributed by atoms with Gasteiger partial charge in [0.25, 0.3) is 0 Å². The number of rotatable bonds is 1. The molecule has 1 radical (unpaired) electrons. The second-order valence-corrected chi connectivity index (χ2v) is 3.08. The number of benzene rings is 1. The van der Waals surface area contributed by atoms with Crippen LogP contribution in [0.2, 0.25) is 5.02 Å². The molecule has 0 saturated heterocycles. The average Bonchev–Trinajstić information content (AvgIpc) is 1.94. The maximum Gasteiger partial charge on any atom is 0.0458 e. The third kappa shape index (κ3) is 1.87. The smallest absolute Gasteiger partial charge is 0.0458 e. The van der Waals surface area contributed by atoms with E-state index in [-0.39, 0.29) is 0 Å². The highest BCUT2D eigenvalue weighted by Crippen LogP contribution is 2.21. The highest BCUT2D eigenvalue weighted by molar-refractivity contribution is 6.31. The quantitative estimate of drug-likeness (QED) is 0.623. The van der Waals surface area contributed by atoms with Crippen LogP contribution in [0.15, 0.2) is 18.2 Å². The fourth-order valence-corrected chi connectivity index (χ4v) is 0.989. The Kier molecular flexibility index (Phi) is 2.40. The average molecular weight is 169 g/mol. The van der Waals surface area contributed by atoms with Gasteiger partial charge in [0.15, 0.2) is 0 Å². The third-order valence-electron chi connectivity index (χ3n) is 1.55. The molecule has 1 nitrogen and oxygen atoms in total. The maximum absolute atomic E-state index is 5.87. The van der Waals surface area contributed by atoms with E-state index in [2.05, 4.69) is 6.92 Å². The zero-order chi connectivity index (χ0) is 8.43. The molecule has 0 amide bonds. The Morgan fingerprint density at radius 3 is 2.45 bits per heavy atom. The Labute approximate surface area is 72.6 Å². The normalized spacial score (nSPS) is 9.82. The number of nitrogens with zero attached hydrogens (tertiary/aromatic N) is 1. The highest BCUT2D eigenvalue weighted by atomic mass is 35.5. The molecular formula is C9H11ClN. The zero-order valence-corrected chi connectivity index (χ0v) is 7.52. The lowest BCUT2D eigenvalue weighted by atomic mass is 10.2. The molecule has 0 aliphatic rings. The molecule has 0 aromatic heterocycles. The number of hydrogen-bond acceptors (Lipinski definition) is 1. The van der Waals surface area contributed by atoms with E-state index in [4.69, 9.17) is 11.6 Å². The lowest BCUT2D eigenvalue weighted by molar-refractivity contribution is 1.13. The molecule has 0 spiro atoms. The molecule has 0 bridgehead atoms. The van der Waals surface area contributed by atoms with Crippen molar-refractivity contribution in [2.75, 3.05) is 19.0 Å². The molecule has 0 saturated carbocycles. The van der Waals surface area contributed by atoms with Crippen LogP contribution in [0.25, 0.3) is 0 Å². The highest BCUT2D eigenvalue weighted by Gasteiger charge is 1.97. The van der Waals surface area contributed by atoms with Crippen LogP contribution in [0.1, 0.15) is 5.56 Å². The van der Waals surface area contributed by atoms with E-state index in [0.29, 0.717) is 0 Å². The van der Waals surface area contributed by atoms with E-state index in [1.54, 1.807) is 0 Å². The molecule has 1 rings (SSSR count). The van der Waals surface area contributed by atoms with Crippen molar-refractivity contribution in [3.8, 4) is 0 Å². The predicted octanol–water partition coefficient (Wildman–Crippen LogP) is 2.59. The number of anilines is 1. The van der Waals surface area contributed by atoms with Gasteiger partial charge in [0.05, 0.1) is 0 Å². The SMILES string of the molecule is [CH2]c1ccc(N(C)C)cc1Cl. The standard InChI is InChI=1S/C9H11ClN/c1-7-4-5-8(11(2)3)6-9(7)10/h4-6H,1H2,2-3H3. The molecule has 0 unspecified atom stereocenters. The van der Waals surface area contributed by atoms with Crippen LogP contribution in [-0.4, -0.2) is 14.1 Å². The lowest BCUT2D eigenvalue weighted by Crippen LogP contribution is -2.08. The Bertz CT molecular complexity index is 256. The number of halogens is 1. The molecule has 0 heterocycles. The van der Waals surface area contributed by atoms with E-state index < -0.39 is 0 Å². The first-order valence-electron chi connectivity index (χ1n) is 3.40. The number of hydrogen-bond donors (Lipinski definition) is 0. The van der Waals surface area contributed by atoms with Gasteiger partial charge < -0.3 is 4.90 Å². The zero-order valence-electron chi connectivity index (χ0n) is 6.76. The first-order valence-corrected chi connectivity index (χ1v) is 3.78. The summed E-state index contributed by atoms with van der Waals surface area (Å²) in [5.74, 6) is 0. The van der Waals surface area contributed by atoms with Crippen LogP contribution in [0, 0.1) is 6.92 Å². The van der Waals surface area contributed by atoms with E-state index in [9.17, 15) is 0 Å². The molecule has 2 heteroatoms. The minimum Gasteiger partial charge on any atom is -0.378 e. The van der Waals surface area contributed by atoms with E-state index in [0.717, 1.165) is 16.3 Å². The maximum atomic E-state index is 5.87. The summed E-state index contributed by atoms with van der Waals surface area (Å²) >= 11 is 5.87. The van der Waals surface area contributed by atoms with Crippen molar-refractivity contribution in [1.82, 2.24) is 0 Å². The van der Waals surface area contributed by atoms with Crippen molar-refractivity contribution < 1.29 is 0 Å². The van der Waals surface area contributed by atoms with Gasteiger partial charge in [-0.15, -0.1) is 0 Å². The summed E-state index contributed by atoms with van der Waals surface area (Å²) in [5, 5.41) is 0.719. The van der Waals surface area contributed by atoms with Crippen molar-refractivity contribution in [3.05, 3.63) is 35.7 Å². The Hall–Kier alpha value is -0.690. The summed E-state index contributed by atoms with van der Waals surface area (Å²) in [6.07, 6.45) is 0. The second-order valence-electron chi connectivity index (χ2n) is 2.67. The van der Waals surface area contributed by atoms with Gasteiger partial charge in [-0.05, 0) is 24.6 Å². The summed E-state index contributed by atoms with van der Waals surface area (Å²) in [6.45, 7) is 3.77. The van der Waals surface area contributed by atoms with Crippen LogP contribution in [0.3, 0.4) is 0 Å². The molecule has 0 aliphatic carbocycles. The van der Waals surface area contributed by atoms with Crippen LogP contribution in [-0.2, 0) is 0 Å². The monoisotopic (exact) mass is 168 g/mol. The molecule has 1 aromatic rings. The Morgan fingerprint density at radius 2 is 2.00 bits per heavy atom. The minimum atomic E-state index is 0.719. The van der Waals surface area contributed by atoms with Gasteiger partial charge in [-0.25, -0.2) is 0 Å². The van der Waals surface area contributed by atoms with Gasteiger partial charge in [0, 0.05) is 24.8 Å². The topological polar surface area (TPSA) is 3.24 Å². The fourth-order valence-electron chi connectivity index (χ4n) is 0.814. The summed E-state index contributed by atoms with van der Waals surface area (Å²) in [4.78, 5) is 2.01. The molecule has 0 aliphatic heterocycles. The van der Waals surface area contributed by atoms with Gasteiger partial charge >= 0.3 is 0 Å². The second kappa shape index (κ2) is 3.14. The molecule has 59 valence electrons. The van der Waals surface area contributed by atoms with Crippen molar-refractivity contribution in [3.63, 3.8) is 0 Å². The minimum absolute atomic E-state index is 0.719.